The Hall–Kier alpha value is -0.510. The number of aliphatic hydroxyl groups is 1. The summed E-state index contributed by atoms with van der Waals surface area (Å²) in [6, 6.07) is 0. The Balaban J connectivity index is 2.39. The molecule has 1 saturated carbocycles. The summed E-state index contributed by atoms with van der Waals surface area (Å²) in [6.07, 6.45) is -1.24. The van der Waals surface area contributed by atoms with E-state index in [-0.39, 0.29) is 18.8 Å². The van der Waals surface area contributed by atoms with E-state index in [1.54, 1.807) is 6.08 Å². The van der Waals surface area contributed by atoms with Crippen molar-refractivity contribution < 1.29 is 18.3 Å². The summed E-state index contributed by atoms with van der Waals surface area (Å²) in [5.41, 5.74) is 0. The van der Waals surface area contributed by atoms with Gasteiger partial charge in [0.1, 0.15) is 0 Å². The zero-order chi connectivity index (χ0) is 11.5. The molecule has 1 rings (SSSR count). The number of rotatable bonds is 3. The molecule has 0 bridgehead atoms. The monoisotopic (exact) mass is 222 g/mol. The molecule has 1 aliphatic carbocycles. The summed E-state index contributed by atoms with van der Waals surface area (Å²) in [5.74, 6) is -1.15. The Morgan fingerprint density at radius 3 is 2.20 bits per heavy atom. The summed E-state index contributed by atoms with van der Waals surface area (Å²) in [5, 5.41) is 9.61. The van der Waals surface area contributed by atoms with E-state index in [1.165, 1.54) is 0 Å². The van der Waals surface area contributed by atoms with E-state index in [9.17, 15) is 18.3 Å². The lowest BCUT2D eigenvalue weighted by molar-refractivity contribution is -0.185. The van der Waals surface area contributed by atoms with Crippen LogP contribution in [0.25, 0.3) is 0 Å². The van der Waals surface area contributed by atoms with Crippen LogP contribution in [0.15, 0.2) is 12.7 Å². The zero-order valence-electron chi connectivity index (χ0n) is 8.63. The van der Waals surface area contributed by atoms with Gasteiger partial charge in [-0.1, -0.05) is 6.08 Å². The van der Waals surface area contributed by atoms with Gasteiger partial charge in [0.15, 0.2) is 0 Å². The van der Waals surface area contributed by atoms with Gasteiger partial charge in [-0.2, -0.15) is 13.2 Å². The van der Waals surface area contributed by atoms with Crippen LogP contribution in [0.2, 0.25) is 0 Å². The summed E-state index contributed by atoms with van der Waals surface area (Å²) in [6.45, 7) is 3.51. The van der Waals surface area contributed by atoms with Crippen molar-refractivity contribution >= 4 is 0 Å². The molecule has 1 N–H and O–H groups in total. The van der Waals surface area contributed by atoms with E-state index < -0.39 is 18.2 Å². The molecule has 0 aliphatic heterocycles. The number of aliphatic hydroxyl groups excluding tert-OH is 1. The quantitative estimate of drug-likeness (QED) is 0.726. The Morgan fingerprint density at radius 1 is 1.27 bits per heavy atom. The first-order valence-corrected chi connectivity index (χ1v) is 5.30. The third-order valence-corrected chi connectivity index (χ3v) is 3.19. The molecule has 0 aromatic carbocycles. The van der Waals surface area contributed by atoms with Gasteiger partial charge in [0.2, 0.25) is 0 Å². The Morgan fingerprint density at radius 2 is 1.80 bits per heavy atom. The van der Waals surface area contributed by atoms with Crippen LogP contribution in [0.5, 0.6) is 0 Å². The van der Waals surface area contributed by atoms with E-state index >= 15 is 0 Å². The summed E-state index contributed by atoms with van der Waals surface area (Å²) >= 11 is 0. The minimum atomic E-state index is -4.06. The Bertz CT molecular complexity index is 204. The smallest absolute Gasteiger partial charge is 0.391 e. The van der Waals surface area contributed by atoms with Crippen molar-refractivity contribution in [1.29, 1.82) is 0 Å². The Kier molecular flexibility index (Phi) is 4.20. The normalized spacial score (nSPS) is 29.9. The van der Waals surface area contributed by atoms with Gasteiger partial charge in [-0.15, -0.1) is 6.58 Å². The second-order valence-electron chi connectivity index (χ2n) is 4.25. The first-order valence-electron chi connectivity index (χ1n) is 5.30. The maximum Gasteiger partial charge on any atom is 0.391 e. The fraction of sp³-hybridized carbons (Fsp3) is 0.818. The molecule has 0 aromatic heterocycles. The molecule has 4 heteroatoms. The number of hydrogen-bond donors (Lipinski definition) is 1. The van der Waals surface area contributed by atoms with Gasteiger partial charge in [-0.25, -0.2) is 0 Å². The maximum absolute atomic E-state index is 12.3. The molecule has 0 radical (unpaired) electrons. The van der Waals surface area contributed by atoms with E-state index in [0.717, 1.165) is 0 Å². The van der Waals surface area contributed by atoms with E-state index in [1.807, 2.05) is 0 Å². The first-order chi connectivity index (χ1) is 6.95. The zero-order valence-corrected chi connectivity index (χ0v) is 8.63. The maximum atomic E-state index is 12.3. The largest absolute Gasteiger partial charge is 0.393 e. The Labute approximate surface area is 88.0 Å². The molecule has 1 fully saturated rings. The number of alkyl halides is 3. The lowest BCUT2D eigenvalue weighted by Gasteiger charge is -2.32. The van der Waals surface area contributed by atoms with E-state index in [2.05, 4.69) is 6.58 Å². The fourth-order valence-corrected chi connectivity index (χ4v) is 2.19. The van der Waals surface area contributed by atoms with Gasteiger partial charge < -0.3 is 5.11 Å². The van der Waals surface area contributed by atoms with Crippen LogP contribution in [0.1, 0.15) is 32.1 Å². The van der Waals surface area contributed by atoms with Gasteiger partial charge >= 0.3 is 6.18 Å². The lowest BCUT2D eigenvalue weighted by atomic mass is 9.78. The van der Waals surface area contributed by atoms with E-state index in [0.29, 0.717) is 19.3 Å². The third-order valence-electron chi connectivity index (χ3n) is 3.19. The van der Waals surface area contributed by atoms with Crippen molar-refractivity contribution in [1.82, 2.24) is 0 Å². The van der Waals surface area contributed by atoms with Crippen molar-refractivity contribution in [2.45, 2.75) is 44.4 Å². The average molecular weight is 222 g/mol. The third kappa shape index (κ3) is 3.52. The van der Waals surface area contributed by atoms with Crippen LogP contribution < -0.4 is 0 Å². The average Bonchev–Trinajstić information content (AvgIpc) is 2.17. The minimum Gasteiger partial charge on any atom is -0.393 e. The van der Waals surface area contributed by atoms with Gasteiger partial charge in [0.25, 0.3) is 0 Å². The van der Waals surface area contributed by atoms with Crippen molar-refractivity contribution in [3.63, 3.8) is 0 Å². The van der Waals surface area contributed by atoms with Crippen LogP contribution in [-0.4, -0.2) is 17.4 Å². The molecule has 0 spiro atoms. The molecule has 1 nitrogen and oxygen atoms in total. The molecule has 0 aromatic rings. The molecule has 0 saturated heterocycles. The first kappa shape index (κ1) is 12.6. The predicted octanol–water partition coefficient (Wildman–Crippen LogP) is 3.29. The summed E-state index contributed by atoms with van der Waals surface area (Å²) < 4.78 is 37.0. The molecule has 0 amide bonds. The van der Waals surface area contributed by atoms with Crippen LogP contribution in [0.3, 0.4) is 0 Å². The van der Waals surface area contributed by atoms with Crippen LogP contribution in [-0.2, 0) is 0 Å². The molecule has 1 aliphatic rings. The molecule has 88 valence electrons. The minimum absolute atomic E-state index is 0.0154. The highest BCUT2D eigenvalue weighted by atomic mass is 19.4. The second-order valence-corrected chi connectivity index (χ2v) is 4.25. The fourth-order valence-electron chi connectivity index (χ4n) is 2.19. The summed E-state index contributed by atoms with van der Waals surface area (Å²) in [4.78, 5) is 0. The molecule has 15 heavy (non-hydrogen) atoms. The molecular formula is C11H17F3O. The number of halogens is 3. The molecule has 0 heterocycles. The van der Waals surface area contributed by atoms with Gasteiger partial charge in [-0.05, 0) is 38.0 Å². The van der Waals surface area contributed by atoms with Gasteiger partial charge in [-0.3, -0.25) is 0 Å². The molecule has 1 unspecified atom stereocenters. The van der Waals surface area contributed by atoms with Crippen molar-refractivity contribution in [3.8, 4) is 0 Å². The lowest BCUT2D eigenvalue weighted by Crippen LogP contribution is -2.31. The molecular weight excluding hydrogens is 205 g/mol. The van der Waals surface area contributed by atoms with Crippen molar-refractivity contribution in [3.05, 3.63) is 12.7 Å². The van der Waals surface area contributed by atoms with Crippen molar-refractivity contribution in [2.24, 2.45) is 11.8 Å². The highest BCUT2D eigenvalue weighted by Crippen LogP contribution is 2.40. The number of hydrogen-bond acceptors (Lipinski definition) is 1. The van der Waals surface area contributed by atoms with Crippen LogP contribution >= 0.6 is 0 Å². The van der Waals surface area contributed by atoms with Gasteiger partial charge in [0.05, 0.1) is 12.0 Å². The van der Waals surface area contributed by atoms with Crippen molar-refractivity contribution in [2.75, 3.05) is 0 Å². The highest BCUT2D eigenvalue weighted by Gasteiger charge is 2.42. The van der Waals surface area contributed by atoms with Crippen LogP contribution in [0, 0.1) is 11.8 Å². The van der Waals surface area contributed by atoms with Crippen LogP contribution in [0.4, 0.5) is 13.2 Å². The topological polar surface area (TPSA) is 20.2 Å². The second kappa shape index (κ2) is 5.01. The summed E-state index contributed by atoms with van der Waals surface area (Å²) in [7, 11) is 0. The van der Waals surface area contributed by atoms with E-state index in [4.69, 9.17) is 0 Å². The SMILES string of the molecule is C=CCC(O)C1CCC(C(F)(F)F)CC1. The van der Waals surface area contributed by atoms with Gasteiger partial charge in [0, 0.05) is 0 Å². The standard InChI is InChI=1S/C11H17F3O/c1-2-3-10(15)8-4-6-9(7-5-8)11(12,13)14/h2,8-10,15H,1,3-7H2. The molecule has 1 atom stereocenters. The predicted molar refractivity (Wildman–Crippen MR) is 52.3 cm³/mol. The highest BCUT2D eigenvalue weighted by molar-refractivity contribution is 4.83.